The molecule has 6 nitrogen and oxygen atoms in total. The zero-order chi connectivity index (χ0) is 16.8. The number of benzene rings is 1. The zero-order valence-corrected chi connectivity index (χ0v) is 13.6. The molecule has 1 aliphatic heterocycles. The van der Waals surface area contributed by atoms with Crippen molar-refractivity contribution in [2.75, 3.05) is 31.8 Å². The number of rotatable bonds is 6. The second-order valence-corrected chi connectivity index (χ2v) is 4.98. The van der Waals surface area contributed by atoms with E-state index < -0.39 is 0 Å². The van der Waals surface area contributed by atoms with Crippen molar-refractivity contribution in [3.63, 3.8) is 0 Å². The van der Waals surface area contributed by atoms with Gasteiger partial charge in [0.05, 0.1) is 25.9 Å². The number of nitrogens with zero attached hydrogens (tertiary/aromatic N) is 1. The monoisotopic (exact) mass is 319 g/mol. The molecule has 0 aliphatic carbocycles. The summed E-state index contributed by atoms with van der Waals surface area (Å²) < 4.78 is 15.3. The first-order valence-electron chi connectivity index (χ1n) is 7.56. The molecular formula is C17H21NO5. The van der Waals surface area contributed by atoms with E-state index in [0.29, 0.717) is 31.0 Å². The van der Waals surface area contributed by atoms with Gasteiger partial charge in [0.1, 0.15) is 12.3 Å². The van der Waals surface area contributed by atoms with Crippen LogP contribution in [-0.4, -0.2) is 38.8 Å². The predicted molar refractivity (Wildman–Crippen MR) is 85.4 cm³/mol. The fourth-order valence-electron chi connectivity index (χ4n) is 2.44. The molecule has 0 bridgehead atoms. The van der Waals surface area contributed by atoms with E-state index in [-0.39, 0.29) is 18.5 Å². The molecule has 124 valence electrons. The van der Waals surface area contributed by atoms with E-state index in [2.05, 4.69) is 0 Å². The van der Waals surface area contributed by atoms with Gasteiger partial charge in [-0.15, -0.1) is 0 Å². The Labute approximate surface area is 135 Å². The molecule has 1 aromatic rings. The second-order valence-electron chi connectivity index (χ2n) is 4.98. The van der Waals surface area contributed by atoms with E-state index in [1.54, 1.807) is 32.1 Å². The van der Waals surface area contributed by atoms with Crippen LogP contribution in [0.4, 0.5) is 5.69 Å². The van der Waals surface area contributed by atoms with Gasteiger partial charge < -0.3 is 19.1 Å². The van der Waals surface area contributed by atoms with E-state index in [1.807, 2.05) is 18.2 Å². The van der Waals surface area contributed by atoms with E-state index in [0.717, 1.165) is 11.3 Å². The van der Waals surface area contributed by atoms with Gasteiger partial charge in [0.2, 0.25) is 0 Å². The Morgan fingerprint density at radius 3 is 2.57 bits per heavy atom. The summed E-state index contributed by atoms with van der Waals surface area (Å²) in [6.45, 7) is 4.17. The fraction of sp³-hybridized carbons (Fsp3) is 0.412. The van der Waals surface area contributed by atoms with Crippen molar-refractivity contribution in [1.29, 1.82) is 0 Å². The van der Waals surface area contributed by atoms with Crippen molar-refractivity contribution in [1.82, 2.24) is 0 Å². The number of ether oxygens (including phenoxy) is 3. The highest BCUT2D eigenvalue weighted by Gasteiger charge is 2.24. The van der Waals surface area contributed by atoms with Crippen LogP contribution in [0.5, 0.6) is 5.75 Å². The third kappa shape index (κ3) is 4.03. The smallest absolute Gasteiger partial charge is 0.335 e. The molecule has 1 heterocycles. The first kappa shape index (κ1) is 16.9. The Balaban J connectivity index is 2.33. The summed E-state index contributed by atoms with van der Waals surface area (Å²) in [5.74, 6) is -0.0320. The Bertz CT molecular complexity index is 623. The normalized spacial score (nSPS) is 13.0. The summed E-state index contributed by atoms with van der Waals surface area (Å²) in [5.41, 5.74) is 2.25. The Hall–Kier alpha value is -2.50. The highest BCUT2D eigenvalue weighted by atomic mass is 16.5. The van der Waals surface area contributed by atoms with Crippen LogP contribution in [-0.2, 0) is 25.5 Å². The van der Waals surface area contributed by atoms with Crippen LogP contribution in [0.1, 0.15) is 19.4 Å². The van der Waals surface area contributed by atoms with Crippen LogP contribution in [0.3, 0.4) is 0 Å². The molecule has 23 heavy (non-hydrogen) atoms. The zero-order valence-electron chi connectivity index (χ0n) is 13.6. The molecule has 2 rings (SSSR count). The van der Waals surface area contributed by atoms with Gasteiger partial charge in [0, 0.05) is 18.3 Å². The van der Waals surface area contributed by atoms with Gasteiger partial charge in [-0.05, 0) is 37.6 Å². The standard InChI is InChI=1S/C17H21NO5/c1-4-22-16(19)11-18-10-13(17(20)23-5-2)8-12-9-14(21-3)6-7-15(12)18/h6-7,9-10H,4-5,8,11H2,1-3H3. The second kappa shape index (κ2) is 7.67. The third-order valence-electron chi connectivity index (χ3n) is 3.43. The van der Waals surface area contributed by atoms with E-state index in [1.165, 1.54) is 0 Å². The number of methoxy groups -OCH3 is 1. The van der Waals surface area contributed by atoms with Gasteiger partial charge in [-0.1, -0.05) is 0 Å². The maximum absolute atomic E-state index is 12.1. The summed E-state index contributed by atoms with van der Waals surface area (Å²) in [6.07, 6.45) is 2.09. The molecule has 0 atom stereocenters. The fourth-order valence-corrected chi connectivity index (χ4v) is 2.44. The number of carbonyl (C=O) groups is 2. The van der Waals surface area contributed by atoms with Gasteiger partial charge in [0.15, 0.2) is 0 Å². The highest BCUT2D eigenvalue weighted by Crippen LogP contribution is 2.32. The van der Waals surface area contributed by atoms with Crippen molar-refractivity contribution >= 4 is 17.6 Å². The molecule has 0 amide bonds. The van der Waals surface area contributed by atoms with Crippen LogP contribution in [0.2, 0.25) is 0 Å². The van der Waals surface area contributed by atoms with Gasteiger partial charge >= 0.3 is 11.9 Å². The lowest BCUT2D eigenvalue weighted by Crippen LogP contribution is -2.31. The lowest BCUT2D eigenvalue weighted by Gasteiger charge is -2.28. The molecule has 0 aromatic heterocycles. The number of esters is 2. The van der Waals surface area contributed by atoms with E-state index in [4.69, 9.17) is 14.2 Å². The summed E-state index contributed by atoms with van der Waals surface area (Å²) in [6, 6.07) is 5.55. The average molecular weight is 319 g/mol. The van der Waals surface area contributed by atoms with Crippen molar-refractivity contribution in [2.45, 2.75) is 20.3 Å². The molecule has 1 aromatic carbocycles. The lowest BCUT2D eigenvalue weighted by molar-refractivity contribution is -0.141. The first-order valence-corrected chi connectivity index (χ1v) is 7.56. The van der Waals surface area contributed by atoms with Gasteiger partial charge in [0.25, 0.3) is 0 Å². The number of hydrogen-bond donors (Lipinski definition) is 0. The van der Waals surface area contributed by atoms with Crippen molar-refractivity contribution < 1.29 is 23.8 Å². The van der Waals surface area contributed by atoms with Crippen LogP contribution in [0.25, 0.3) is 0 Å². The highest BCUT2D eigenvalue weighted by molar-refractivity contribution is 5.92. The summed E-state index contributed by atoms with van der Waals surface area (Å²) in [7, 11) is 1.59. The molecule has 0 unspecified atom stereocenters. The quantitative estimate of drug-likeness (QED) is 0.748. The van der Waals surface area contributed by atoms with Crippen molar-refractivity contribution in [3.8, 4) is 5.75 Å². The van der Waals surface area contributed by atoms with Crippen LogP contribution in [0, 0.1) is 0 Å². The van der Waals surface area contributed by atoms with Gasteiger partial charge in [-0.25, -0.2) is 4.79 Å². The molecule has 1 aliphatic rings. The molecule has 0 saturated carbocycles. The molecule has 0 spiro atoms. The van der Waals surface area contributed by atoms with Crippen molar-refractivity contribution in [2.24, 2.45) is 0 Å². The maximum Gasteiger partial charge on any atom is 0.335 e. The molecule has 6 heteroatoms. The number of carbonyl (C=O) groups excluding carboxylic acids is 2. The number of fused-ring (bicyclic) bond motifs is 1. The molecule has 0 radical (unpaired) electrons. The molecular weight excluding hydrogens is 298 g/mol. The Morgan fingerprint density at radius 2 is 1.91 bits per heavy atom. The minimum Gasteiger partial charge on any atom is -0.497 e. The summed E-state index contributed by atoms with van der Waals surface area (Å²) in [5, 5.41) is 0. The number of anilines is 1. The van der Waals surface area contributed by atoms with Crippen LogP contribution >= 0.6 is 0 Å². The lowest BCUT2D eigenvalue weighted by atomic mass is 9.99. The molecule has 0 fully saturated rings. The largest absolute Gasteiger partial charge is 0.497 e. The van der Waals surface area contributed by atoms with Crippen LogP contribution in [0.15, 0.2) is 30.0 Å². The molecule has 0 saturated heterocycles. The van der Waals surface area contributed by atoms with Crippen LogP contribution < -0.4 is 9.64 Å². The minimum absolute atomic E-state index is 0.0378. The number of hydrogen-bond acceptors (Lipinski definition) is 6. The van der Waals surface area contributed by atoms with E-state index in [9.17, 15) is 9.59 Å². The van der Waals surface area contributed by atoms with E-state index >= 15 is 0 Å². The SMILES string of the molecule is CCOC(=O)CN1C=C(C(=O)OCC)Cc2cc(OC)ccc21. The van der Waals surface area contributed by atoms with Gasteiger partial charge in [-0.3, -0.25) is 4.79 Å². The van der Waals surface area contributed by atoms with Gasteiger partial charge in [-0.2, -0.15) is 0 Å². The summed E-state index contributed by atoms with van der Waals surface area (Å²) >= 11 is 0. The first-order chi connectivity index (χ1) is 11.1. The average Bonchev–Trinajstić information content (AvgIpc) is 2.54. The topological polar surface area (TPSA) is 65.1 Å². The summed E-state index contributed by atoms with van der Waals surface area (Å²) in [4.78, 5) is 25.6. The Kier molecular flexibility index (Phi) is 5.62. The Morgan fingerprint density at radius 1 is 1.17 bits per heavy atom. The maximum atomic E-state index is 12.1. The van der Waals surface area contributed by atoms with Crippen molar-refractivity contribution in [3.05, 3.63) is 35.5 Å². The molecule has 0 N–H and O–H groups in total. The third-order valence-corrected chi connectivity index (χ3v) is 3.43. The predicted octanol–water partition coefficient (Wildman–Crippen LogP) is 2.07. The minimum atomic E-state index is -0.380.